The number of aromatic nitrogens is 2. The van der Waals surface area contributed by atoms with Crippen molar-refractivity contribution >= 4 is 10.8 Å². The molecule has 4 heteroatoms. The van der Waals surface area contributed by atoms with E-state index in [2.05, 4.69) is 9.97 Å². The first-order chi connectivity index (χ1) is 9.28. The lowest BCUT2D eigenvalue weighted by Gasteiger charge is -2.06. The second-order valence-electron chi connectivity index (χ2n) is 4.13. The van der Waals surface area contributed by atoms with Crippen molar-refractivity contribution in [2.45, 2.75) is 0 Å². The number of hydrogen-bond acceptors (Lipinski definition) is 4. The van der Waals surface area contributed by atoms with Gasteiger partial charge in [-0.05, 0) is 41.8 Å². The van der Waals surface area contributed by atoms with Gasteiger partial charge < -0.3 is 9.84 Å². The highest BCUT2D eigenvalue weighted by molar-refractivity contribution is 5.90. The van der Waals surface area contributed by atoms with Gasteiger partial charge in [0.25, 0.3) is 0 Å². The maximum absolute atomic E-state index is 10.00. The molecule has 4 nitrogen and oxygen atoms in total. The molecule has 0 aliphatic carbocycles. The largest absolute Gasteiger partial charge is 0.497 e. The predicted molar refractivity (Wildman–Crippen MR) is 73.2 cm³/mol. The topological polar surface area (TPSA) is 55.2 Å². The molecule has 0 spiro atoms. The van der Waals surface area contributed by atoms with Gasteiger partial charge in [0.1, 0.15) is 5.75 Å². The summed E-state index contributed by atoms with van der Waals surface area (Å²) in [5.41, 5.74) is 1.36. The molecule has 0 saturated carbocycles. The van der Waals surface area contributed by atoms with E-state index in [1.165, 1.54) is 0 Å². The van der Waals surface area contributed by atoms with Crippen LogP contribution in [0.2, 0.25) is 0 Å². The molecule has 0 saturated heterocycles. The number of methoxy groups -OCH3 is 1. The van der Waals surface area contributed by atoms with Crippen LogP contribution in [0.15, 0.2) is 48.7 Å². The minimum absolute atomic E-state index is 0.000746. The summed E-state index contributed by atoms with van der Waals surface area (Å²) in [5, 5.41) is 11.6. The summed E-state index contributed by atoms with van der Waals surface area (Å²) in [7, 11) is 1.61. The van der Waals surface area contributed by atoms with Gasteiger partial charge in [0.15, 0.2) is 0 Å². The fourth-order valence-electron chi connectivity index (χ4n) is 1.99. The minimum atomic E-state index is 0.000746. The normalized spacial score (nSPS) is 10.6. The lowest BCUT2D eigenvalue weighted by molar-refractivity contribution is 0.415. The second-order valence-corrected chi connectivity index (χ2v) is 4.13. The smallest absolute Gasteiger partial charge is 0.219 e. The molecule has 19 heavy (non-hydrogen) atoms. The lowest BCUT2D eigenvalue weighted by atomic mass is 10.1. The number of pyridine rings is 2. The monoisotopic (exact) mass is 252 g/mol. The van der Waals surface area contributed by atoms with E-state index in [1.807, 2.05) is 30.3 Å². The lowest BCUT2D eigenvalue weighted by Crippen LogP contribution is -1.89. The van der Waals surface area contributed by atoms with E-state index in [1.54, 1.807) is 25.4 Å². The van der Waals surface area contributed by atoms with Crippen molar-refractivity contribution in [3.05, 3.63) is 48.7 Å². The Labute approximate surface area is 110 Å². The van der Waals surface area contributed by atoms with E-state index < -0.39 is 0 Å². The molecular weight excluding hydrogens is 240 g/mol. The van der Waals surface area contributed by atoms with Crippen molar-refractivity contribution in [3.63, 3.8) is 0 Å². The molecule has 0 fully saturated rings. The summed E-state index contributed by atoms with van der Waals surface area (Å²) in [5.74, 6) is 0.742. The van der Waals surface area contributed by atoms with Crippen LogP contribution >= 0.6 is 0 Å². The molecule has 2 aromatic heterocycles. The highest BCUT2D eigenvalue weighted by atomic mass is 16.5. The third-order valence-corrected chi connectivity index (χ3v) is 2.95. The number of ether oxygens (including phenoxy) is 1. The summed E-state index contributed by atoms with van der Waals surface area (Å²) in [6.07, 6.45) is 1.70. The van der Waals surface area contributed by atoms with Crippen molar-refractivity contribution in [1.29, 1.82) is 0 Å². The molecule has 0 aliphatic rings. The Bertz CT molecular complexity index is 727. The molecule has 1 aromatic carbocycles. The van der Waals surface area contributed by atoms with Crippen LogP contribution in [-0.2, 0) is 0 Å². The number of benzene rings is 1. The first-order valence-electron chi connectivity index (χ1n) is 5.87. The van der Waals surface area contributed by atoms with Crippen LogP contribution in [0.3, 0.4) is 0 Å². The quantitative estimate of drug-likeness (QED) is 0.761. The van der Waals surface area contributed by atoms with Crippen LogP contribution in [0, 0.1) is 0 Å². The van der Waals surface area contributed by atoms with E-state index in [0.29, 0.717) is 11.1 Å². The van der Waals surface area contributed by atoms with Crippen LogP contribution < -0.4 is 4.74 Å². The van der Waals surface area contributed by atoms with Gasteiger partial charge in [-0.1, -0.05) is 6.07 Å². The molecule has 0 bridgehead atoms. The fourth-order valence-corrected chi connectivity index (χ4v) is 1.99. The number of nitrogens with zero attached hydrogens (tertiary/aromatic N) is 2. The van der Waals surface area contributed by atoms with Crippen molar-refractivity contribution in [3.8, 4) is 23.0 Å². The maximum atomic E-state index is 10.00. The van der Waals surface area contributed by atoms with E-state index in [4.69, 9.17) is 4.74 Å². The molecule has 3 aromatic rings. The Morgan fingerprint density at radius 1 is 1.05 bits per heavy atom. The Kier molecular flexibility index (Phi) is 2.76. The molecule has 0 radical (unpaired) electrons. The summed E-state index contributed by atoms with van der Waals surface area (Å²) in [6.45, 7) is 0. The van der Waals surface area contributed by atoms with Gasteiger partial charge >= 0.3 is 0 Å². The second kappa shape index (κ2) is 4.57. The Morgan fingerprint density at radius 2 is 1.95 bits per heavy atom. The van der Waals surface area contributed by atoms with Crippen LogP contribution in [-0.4, -0.2) is 22.2 Å². The number of aromatic hydroxyl groups is 1. The van der Waals surface area contributed by atoms with E-state index in [9.17, 15) is 5.11 Å². The van der Waals surface area contributed by atoms with Crippen LogP contribution in [0.5, 0.6) is 11.6 Å². The Morgan fingerprint density at radius 3 is 2.68 bits per heavy atom. The molecule has 1 N–H and O–H groups in total. The Hall–Kier alpha value is -2.62. The first kappa shape index (κ1) is 11.5. The molecule has 0 aliphatic heterocycles. The van der Waals surface area contributed by atoms with Gasteiger partial charge in [0.2, 0.25) is 5.88 Å². The van der Waals surface area contributed by atoms with Crippen molar-refractivity contribution in [2.75, 3.05) is 7.11 Å². The molecule has 0 atom stereocenters. The van der Waals surface area contributed by atoms with E-state index in [0.717, 1.165) is 16.8 Å². The fraction of sp³-hybridized carbons (Fsp3) is 0.0667. The third kappa shape index (κ3) is 2.08. The minimum Gasteiger partial charge on any atom is -0.497 e. The van der Waals surface area contributed by atoms with Gasteiger partial charge in [0.05, 0.1) is 18.5 Å². The van der Waals surface area contributed by atoms with Gasteiger partial charge in [0, 0.05) is 11.6 Å². The van der Waals surface area contributed by atoms with Gasteiger partial charge in [-0.25, -0.2) is 4.98 Å². The summed E-state index contributed by atoms with van der Waals surface area (Å²) >= 11 is 0. The van der Waals surface area contributed by atoms with Crippen molar-refractivity contribution < 1.29 is 9.84 Å². The predicted octanol–water partition coefficient (Wildman–Crippen LogP) is 3.01. The van der Waals surface area contributed by atoms with Gasteiger partial charge in [-0.2, -0.15) is 0 Å². The maximum Gasteiger partial charge on any atom is 0.219 e. The average molecular weight is 252 g/mol. The summed E-state index contributed by atoms with van der Waals surface area (Å²) in [4.78, 5) is 8.41. The molecule has 94 valence electrons. The first-order valence-corrected chi connectivity index (χ1v) is 5.87. The van der Waals surface area contributed by atoms with Crippen LogP contribution in [0.1, 0.15) is 0 Å². The molecule has 3 rings (SSSR count). The van der Waals surface area contributed by atoms with E-state index in [-0.39, 0.29) is 5.88 Å². The Balaban J connectivity index is 2.23. The number of rotatable bonds is 2. The highest BCUT2D eigenvalue weighted by Gasteiger charge is 2.08. The number of hydrogen-bond donors (Lipinski definition) is 1. The molecule has 0 unspecified atom stereocenters. The highest BCUT2D eigenvalue weighted by Crippen LogP contribution is 2.30. The zero-order chi connectivity index (χ0) is 13.2. The van der Waals surface area contributed by atoms with Crippen molar-refractivity contribution in [1.82, 2.24) is 9.97 Å². The van der Waals surface area contributed by atoms with E-state index >= 15 is 0 Å². The molecular formula is C15H12N2O2. The third-order valence-electron chi connectivity index (χ3n) is 2.95. The van der Waals surface area contributed by atoms with Gasteiger partial charge in [-0.3, -0.25) is 4.98 Å². The molecule has 2 heterocycles. The van der Waals surface area contributed by atoms with Crippen LogP contribution in [0.4, 0.5) is 0 Å². The average Bonchev–Trinajstić information content (AvgIpc) is 2.47. The zero-order valence-corrected chi connectivity index (χ0v) is 10.4. The SMILES string of the molecule is COc1ccc2c(O)nc(-c3ccccn3)cc2c1. The standard InChI is InChI=1S/C15H12N2O2/c1-19-11-5-6-12-10(8-11)9-14(17-15(12)18)13-4-2-3-7-16-13/h2-9H,1H3,(H,17,18). The zero-order valence-electron chi connectivity index (χ0n) is 10.4. The van der Waals surface area contributed by atoms with Gasteiger partial charge in [-0.15, -0.1) is 0 Å². The van der Waals surface area contributed by atoms with Crippen LogP contribution in [0.25, 0.3) is 22.2 Å². The number of fused-ring (bicyclic) bond motifs is 1. The summed E-state index contributed by atoms with van der Waals surface area (Å²) in [6, 6.07) is 12.9. The molecule has 0 amide bonds. The summed E-state index contributed by atoms with van der Waals surface area (Å²) < 4.78 is 5.19. The van der Waals surface area contributed by atoms with Crippen molar-refractivity contribution in [2.24, 2.45) is 0 Å².